The molecule has 3 rings (SSSR count). The summed E-state index contributed by atoms with van der Waals surface area (Å²) in [4.78, 5) is 0. The van der Waals surface area contributed by atoms with E-state index in [9.17, 15) is 0 Å². The molecule has 1 aromatic heterocycles. The molecule has 4 heteroatoms. The Bertz CT molecular complexity index is 353. The van der Waals surface area contributed by atoms with E-state index in [0.717, 1.165) is 18.2 Å². The van der Waals surface area contributed by atoms with Crippen molar-refractivity contribution in [3.05, 3.63) is 11.4 Å². The van der Waals surface area contributed by atoms with Gasteiger partial charge in [-0.2, -0.15) is 0 Å². The van der Waals surface area contributed by atoms with Gasteiger partial charge in [0.05, 0.1) is 11.6 Å². The largest absolute Gasteiger partial charge is 0.249 e. The van der Waals surface area contributed by atoms with Crippen molar-refractivity contribution in [2.24, 2.45) is 5.92 Å². The third-order valence-electron chi connectivity index (χ3n) is 3.59. The van der Waals surface area contributed by atoms with Crippen LogP contribution in [-0.2, 0) is 12.4 Å². The number of rotatable bonds is 4. The lowest BCUT2D eigenvalue weighted by molar-refractivity contribution is 0.380. The number of halogens is 1. The van der Waals surface area contributed by atoms with Crippen LogP contribution in [0.5, 0.6) is 0 Å². The summed E-state index contributed by atoms with van der Waals surface area (Å²) < 4.78 is 2.12. The predicted molar refractivity (Wildman–Crippen MR) is 58.9 cm³/mol. The van der Waals surface area contributed by atoms with Crippen LogP contribution in [0.4, 0.5) is 0 Å². The molecule has 1 aromatic rings. The topological polar surface area (TPSA) is 30.7 Å². The molecule has 2 aliphatic rings. The van der Waals surface area contributed by atoms with Crippen molar-refractivity contribution < 1.29 is 0 Å². The first-order valence-electron chi connectivity index (χ1n) is 5.86. The van der Waals surface area contributed by atoms with E-state index in [1.807, 2.05) is 0 Å². The first kappa shape index (κ1) is 9.64. The van der Waals surface area contributed by atoms with Crippen LogP contribution in [0.2, 0.25) is 0 Å². The van der Waals surface area contributed by atoms with E-state index in [1.165, 1.54) is 37.8 Å². The Morgan fingerprint density at radius 2 is 2.07 bits per heavy atom. The van der Waals surface area contributed by atoms with Gasteiger partial charge in [0.25, 0.3) is 0 Å². The summed E-state index contributed by atoms with van der Waals surface area (Å²) in [5, 5.41) is 8.45. The molecule has 2 saturated carbocycles. The Balaban J connectivity index is 1.86. The number of hydrogen-bond acceptors (Lipinski definition) is 2. The molecule has 0 aromatic carbocycles. The van der Waals surface area contributed by atoms with Crippen LogP contribution >= 0.6 is 11.6 Å². The zero-order valence-electron chi connectivity index (χ0n) is 8.82. The van der Waals surface area contributed by atoms with Crippen LogP contribution in [0.3, 0.4) is 0 Å². The SMILES string of the molecule is ClCc1nnn(CC2CC2)c1C1CCC1. The van der Waals surface area contributed by atoms with Crippen molar-refractivity contribution in [3.8, 4) is 0 Å². The Morgan fingerprint density at radius 1 is 1.27 bits per heavy atom. The molecule has 15 heavy (non-hydrogen) atoms. The third-order valence-corrected chi connectivity index (χ3v) is 3.85. The van der Waals surface area contributed by atoms with E-state index in [0.29, 0.717) is 11.8 Å². The van der Waals surface area contributed by atoms with Crippen LogP contribution in [0.1, 0.15) is 49.4 Å². The molecule has 0 N–H and O–H groups in total. The van der Waals surface area contributed by atoms with Crippen molar-refractivity contribution in [1.82, 2.24) is 15.0 Å². The van der Waals surface area contributed by atoms with E-state index in [4.69, 9.17) is 11.6 Å². The fourth-order valence-corrected chi connectivity index (χ4v) is 2.45. The number of hydrogen-bond donors (Lipinski definition) is 0. The maximum absolute atomic E-state index is 5.91. The third kappa shape index (κ3) is 1.78. The monoisotopic (exact) mass is 225 g/mol. The summed E-state index contributed by atoms with van der Waals surface area (Å²) in [6.45, 7) is 1.07. The zero-order valence-corrected chi connectivity index (χ0v) is 9.58. The van der Waals surface area contributed by atoms with Crippen LogP contribution in [0.25, 0.3) is 0 Å². The van der Waals surface area contributed by atoms with Crippen LogP contribution < -0.4 is 0 Å². The highest BCUT2D eigenvalue weighted by Gasteiger charge is 2.30. The molecular formula is C11H16ClN3. The van der Waals surface area contributed by atoms with E-state index >= 15 is 0 Å². The minimum absolute atomic E-state index is 0.510. The van der Waals surface area contributed by atoms with Gasteiger partial charge in [-0.25, -0.2) is 4.68 Å². The van der Waals surface area contributed by atoms with Gasteiger partial charge in [-0.1, -0.05) is 11.6 Å². The predicted octanol–water partition coefficient (Wildman–Crippen LogP) is 2.69. The van der Waals surface area contributed by atoms with Crippen molar-refractivity contribution in [1.29, 1.82) is 0 Å². The van der Waals surface area contributed by atoms with Gasteiger partial charge in [-0.05, 0) is 31.6 Å². The van der Waals surface area contributed by atoms with Crippen molar-refractivity contribution >= 4 is 11.6 Å². The van der Waals surface area contributed by atoms with Gasteiger partial charge in [0.15, 0.2) is 0 Å². The average Bonchev–Trinajstić information content (AvgIpc) is 2.88. The highest BCUT2D eigenvalue weighted by Crippen LogP contribution is 2.39. The van der Waals surface area contributed by atoms with Crippen LogP contribution in [0.15, 0.2) is 0 Å². The molecule has 3 nitrogen and oxygen atoms in total. The molecule has 0 saturated heterocycles. The second-order valence-electron chi connectivity index (χ2n) is 4.81. The highest BCUT2D eigenvalue weighted by atomic mass is 35.5. The number of alkyl halides is 1. The summed E-state index contributed by atoms with van der Waals surface area (Å²) in [5.74, 6) is 2.05. The Hall–Kier alpha value is -0.570. The molecule has 0 radical (unpaired) electrons. The molecule has 2 fully saturated rings. The summed E-state index contributed by atoms with van der Waals surface area (Å²) in [6, 6.07) is 0. The van der Waals surface area contributed by atoms with Gasteiger partial charge in [0, 0.05) is 12.5 Å². The summed E-state index contributed by atoms with van der Waals surface area (Å²) in [6.07, 6.45) is 6.66. The molecule has 0 aliphatic heterocycles. The van der Waals surface area contributed by atoms with Gasteiger partial charge in [0.1, 0.15) is 5.69 Å². The van der Waals surface area contributed by atoms with E-state index in [1.54, 1.807) is 0 Å². The van der Waals surface area contributed by atoms with E-state index in [-0.39, 0.29) is 0 Å². The second-order valence-corrected chi connectivity index (χ2v) is 5.08. The second kappa shape index (κ2) is 3.78. The number of nitrogens with zero attached hydrogens (tertiary/aromatic N) is 3. The van der Waals surface area contributed by atoms with Gasteiger partial charge in [-0.15, -0.1) is 16.7 Å². The molecule has 0 atom stereocenters. The molecule has 0 bridgehead atoms. The minimum atomic E-state index is 0.510. The lowest BCUT2D eigenvalue weighted by Crippen LogP contribution is -2.17. The van der Waals surface area contributed by atoms with Crippen LogP contribution in [0, 0.1) is 5.92 Å². The highest BCUT2D eigenvalue weighted by molar-refractivity contribution is 6.16. The fourth-order valence-electron chi connectivity index (χ4n) is 2.26. The summed E-state index contributed by atoms with van der Waals surface area (Å²) in [7, 11) is 0. The lowest BCUT2D eigenvalue weighted by Gasteiger charge is -2.26. The van der Waals surface area contributed by atoms with Gasteiger partial charge < -0.3 is 0 Å². The Kier molecular flexibility index (Phi) is 2.43. The maximum Gasteiger partial charge on any atom is 0.101 e. The van der Waals surface area contributed by atoms with E-state index < -0.39 is 0 Å². The van der Waals surface area contributed by atoms with Gasteiger partial charge >= 0.3 is 0 Å². The molecule has 0 amide bonds. The smallest absolute Gasteiger partial charge is 0.101 e. The normalized spacial score (nSPS) is 21.7. The van der Waals surface area contributed by atoms with Crippen LogP contribution in [-0.4, -0.2) is 15.0 Å². The zero-order chi connectivity index (χ0) is 10.3. The van der Waals surface area contributed by atoms with Gasteiger partial charge in [0.2, 0.25) is 0 Å². The van der Waals surface area contributed by atoms with Gasteiger partial charge in [-0.3, -0.25) is 0 Å². The minimum Gasteiger partial charge on any atom is -0.249 e. The molecule has 82 valence electrons. The first-order chi connectivity index (χ1) is 7.38. The van der Waals surface area contributed by atoms with Crippen molar-refractivity contribution in [3.63, 3.8) is 0 Å². The summed E-state index contributed by atoms with van der Waals surface area (Å²) >= 11 is 5.91. The Labute approximate surface area is 94.8 Å². The Morgan fingerprint density at radius 3 is 2.60 bits per heavy atom. The summed E-state index contributed by atoms with van der Waals surface area (Å²) in [5.41, 5.74) is 2.35. The molecule has 0 unspecified atom stereocenters. The lowest BCUT2D eigenvalue weighted by atomic mass is 9.82. The molecular weight excluding hydrogens is 210 g/mol. The quantitative estimate of drug-likeness (QED) is 0.738. The average molecular weight is 226 g/mol. The number of aromatic nitrogens is 3. The molecule has 1 heterocycles. The first-order valence-corrected chi connectivity index (χ1v) is 6.40. The van der Waals surface area contributed by atoms with E-state index in [2.05, 4.69) is 15.0 Å². The molecule has 2 aliphatic carbocycles. The van der Waals surface area contributed by atoms with Crippen molar-refractivity contribution in [2.45, 2.75) is 50.4 Å². The standard InChI is InChI=1S/C11H16ClN3/c12-6-10-11(9-2-1-3-9)15(14-13-10)7-8-4-5-8/h8-9H,1-7H2. The van der Waals surface area contributed by atoms with Crippen molar-refractivity contribution in [2.75, 3.05) is 0 Å². The molecule has 0 spiro atoms. The fraction of sp³-hybridized carbons (Fsp3) is 0.818. The maximum atomic E-state index is 5.91.